The van der Waals surface area contributed by atoms with Crippen molar-refractivity contribution >= 4 is 17.6 Å². The van der Waals surface area contributed by atoms with Crippen LogP contribution in [-0.4, -0.2) is 29.2 Å². The van der Waals surface area contributed by atoms with Gasteiger partial charge in [-0.25, -0.2) is 9.78 Å². The average Bonchev–Trinajstić information content (AvgIpc) is 2.88. The zero-order valence-electron chi connectivity index (χ0n) is 10.6. The molecule has 0 aliphatic carbocycles. The molecule has 6 heteroatoms. The van der Waals surface area contributed by atoms with E-state index in [4.69, 9.17) is 21.1 Å². The van der Waals surface area contributed by atoms with Crippen LogP contribution in [-0.2, 0) is 4.74 Å². The lowest BCUT2D eigenvalue weighted by atomic mass is 10.3. The van der Waals surface area contributed by atoms with Gasteiger partial charge >= 0.3 is 5.97 Å². The maximum absolute atomic E-state index is 11.6. The summed E-state index contributed by atoms with van der Waals surface area (Å²) in [6.07, 6.45) is 3.09. The number of methoxy groups -OCH3 is 1. The highest BCUT2D eigenvalue weighted by Crippen LogP contribution is 2.26. The van der Waals surface area contributed by atoms with Crippen LogP contribution in [0, 0.1) is 0 Å². The van der Waals surface area contributed by atoms with Crippen molar-refractivity contribution in [1.82, 2.24) is 9.55 Å². The number of imidazole rings is 1. The molecule has 0 aliphatic rings. The first-order valence-corrected chi connectivity index (χ1v) is 6.08. The summed E-state index contributed by atoms with van der Waals surface area (Å²) in [7, 11) is 1.57. The van der Waals surface area contributed by atoms with E-state index in [0.29, 0.717) is 23.1 Å². The number of carbonyl (C=O) groups is 1. The van der Waals surface area contributed by atoms with Crippen molar-refractivity contribution in [2.75, 3.05) is 13.7 Å². The molecule has 2 rings (SSSR count). The Balaban J connectivity index is 2.37. The van der Waals surface area contributed by atoms with Gasteiger partial charge in [-0.2, -0.15) is 0 Å². The molecule has 1 aromatic heterocycles. The van der Waals surface area contributed by atoms with Gasteiger partial charge in [-0.15, -0.1) is 0 Å². The summed E-state index contributed by atoms with van der Waals surface area (Å²) in [5, 5.41) is 0.571. The molecule has 0 amide bonds. The fourth-order valence-corrected chi connectivity index (χ4v) is 1.80. The highest BCUT2D eigenvalue weighted by atomic mass is 35.5. The van der Waals surface area contributed by atoms with Gasteiger partial charge in [0.1, 0.15) is 12.1 Å². The molecule has 1 heterocycles. The minimum atomic E-state index is -0.456. The predicted molar refractivity (Wildman–Crippen MR) is 71.1 cm³/mol. The third-order valence-electron chi connectivity index (χ3n) is 2.49. The lowest BCUT2D eigenvalue weighted by Crippen LogP contribution is -2.04. The van der Waals surface area contributed by atoms with Crippen LogP contribution in [0.2, 0.25) is 5.02 Å². The quantitative estimate of drug-likeness (QED) is 0.808. The molecule has 19 heavy (non-hydrogen) atoms. The van der Waals surface area contributed by atoms with E-state index in [-0.39, 0.29) is 5.69 Å². The van der Waals surface area contributed by atoms with Crippen molar-refractivity contribution in [2.45, 2.75) is 6.92 Å². The second kappa shape index (κ2) is 5.75. The maximum atomic E-state index is 11.6. The summed E-state index contributed by atoms with van der Waals surface area (Å²) in [6.45, 7) is 2.06. The molecule has 1 aromatic carbocycles. The van der Waals surface area contributed by atoms with E-state index < -0.39 is 5.97 Å². The molecule has 100 valence electrons. The number of carbonyl (C=O) groups excluding carboxylic acids is 1. The van der Waals surface area contributed by atoms with Crippen LogP contribution < -0.4 is 4.74 Å². The normalized spacial score (nSPS) is 10.3. The molecular weight excluding hydrogens is 268 g/mol. The molecule has 0 saturated carbocycles. The van der Waals surface area contributed by atoms with Crippen molar-refractivity contribution < 1.29 is 14.3 Å². The third kappa shape index (κ3) is 2.88. The van der Waals surface area contributed by atoms with E-state index in [0.717, 1.165) is 0 Å². The molecule has 5 nitrogen and oxygen atoms in total. The molecule has 0 bridgehead atoms. The molecule has 0 aliphatic heterocycles. The van der Waals surface area contributed by atoms with E-state index in [2.05, 4.69) is 4.98 Å². The van der Waals surface area contributed by atoms with E-state index in [9.17, 15) is 4.79 Å². The van der Waals surface area contributed by atoms with Crippen LogP contribution in [0.4, 0.5) is 0 Å². The first-order valence-electron chi connectivity index (χ1n) is 5.70. The summed E-state index contributed by atoms with van der Waals surface area (Å²) >= 11 is 5.96. The smallest absolute Gasteiger partial charge is 0.358 e. The molecule has 0 unspecified atom stereocenters. The fourth-order valence-electron chi connectivity index (χ4n) is 1.63. The Hall–Kier alpha value is -2.01. The van der Waals surface area contributed by atoms with Gasteiger partial charge in [0, 0.05) is 11.2 Å². The Morgan fingerprint density at radius 3 is 2.95 bits per heavy atom. The summed E-state index contributed by atoms with van der Waals surface area (Å²) < 4.78 is 11.8. The second-order valence-corrected chi connectivity index (χ2v) is 4.14. The average molecular weight is 281 g/mol. The third-order valence-corrected chi connectivity index (χ3v) is 2.72. The van der Waals surface area contributed by atoms with Crippen molar-refractivity contribution in [3.05, 3.63) is 41.4 Å². The Bertz CT molecular complexity index is 595. The number of hydrogen-bond acceptors (Lipinski definition) is 4. The first-order chi connectivity index (χ1) is 9.15. The number of halogens is 1. The molecule has 0 saturated heterocycles. The van der Waals surface area contributed by atoms with Crippen LogP contribution in [0.1, 0.15) is 17.4 Å². The first kappa shape index (κ1) is 13.4. The van der Waals surface area contributed by atoms with Crippen LogP contribution in [0.25, 0.3) is 5.69 Å². The van der Waals surface area contributed by atoms with E-state index in [1.807, 2.05) is 0 Å². The zero-order valence-corrected chi connectivity index (χ0v) is 11.3. The van der Waals surface area contributed by atoms with Gasteiger partial charge in [0.05, 0.1) is 19.4 Å². The maximum Gasteiger partial charge on any atom is 0.358 e. The molecule has 0 atom stereocenters. The van der Waals surface area contributed by atoms with Crippen LogP contribution >= 0.6 is 11.6 Å². The number of rotatable bonds is 4. The molecule has 0 fully saturated rings. The molecule has 0 radical (unpaired) electrons. The van der Waals surface area contributed by atoms with Crippen molar-refractivity contribution in [3.63, 3.8) is 0 Å². The largest absolute Gasteiger partial charge is 0.495 e. The van der Waals surface area contributed by atoms with E-state index in [1.165, 1.54) is 6.33 Å². The number of nitrogens with zero attached hydrogens (tertiary/aromatic N) is 2. The second-order valence-electron chi connectivity index (χ2n) is 3.70. The summed E-state index contributed by atoms with van der Waals surface area (Å²) in [4.78, 5) is 15.6. The van der Waals surface area contributed by atoms with Gasteiger partial charge in [0.25, 0.3) is 0 Å². The van der Waals surface area contributed by atoms with Crippen molar-refractivity contribution in [2.24, 2.45) is 0 Å². The highest BCUT2D eigenvalue weighted by molar-refractivity contribution is 6.30. The number of aromatic nitrogens is 2. The van der Waals surface area contributed by atoms with Gasteiger partial charge in [-0.05, 0) is 25.1 Å². The lowest BCUT2D eigenvalue weighted by Gasteiger charge is -2.08. The number of ether oxygens (including phenoxy) is 2. The van der Waals surface area contributed by atoms with Gasteiger partial charge in [0.2, 0.25) is 0 Å². The summed E-state index contributed by atoms with van der Waals surface area (Å²) in [6, 6.07) is 5.21. The van der Waals surface area contributed by atoms with Crippen LogP contribution in [0.3, 0.4) is 0 Å². The Kier molecular flexibility index (Phi) is 4.06. The number of esters is 1. The molecule has 0 N–H and O–H groups in total. The van der Waals surface area contributed by atoms with Crippen molar-refractivity contribution in [3.8, 4) is 11.4 Å². The topological polar surface area (TPSA) is 53.4 Å². The molecule has 2 aromatic rings. The van der Waals surface area contributed by atoms with E-state index in [1.54, 1.807) is 43.0 Å². The highest BCUT2D eigenvalue weighted by Gasteiger charge is 2.13. The SMILES string of the molecule is CCOC(=O)c1cn(-c2cc(Cl)ccc2OC)cn1. The lowest BCUT2D eigenvalue weighted by molar-refractivity contribution is 0.0520. The van der Waals surface area contributed by atoms with Gasteiger partial charge < -0.3 is 14.0 Å². The van der Waals surface area contributed by atoms with Gasteiger partial charge in [-0.3, -0.25) is 0 Å². The Morgan fingerprint density at radius 2 is 2.26 bits per heavy atom. The minimum Gasteiger partial charge on any atom is -0.495 e. The van der Waals surface area contributed by atoms with Crippen LogP contribution in [0.5, 0.6) is 5.75 Å². The van der Waals surface area contributed by atoms with E-state index >= 15 is 0 Å². The Morgan fingerprint density at radius 1 is 1.47 bits per heavy atom. The fraction of sp³-hybridized carbons (Fsp3) is 0.231. The molecular formula is C13H13ClN2O3. The zero-order chi connectivity index (χ0) is 13.8. The van der Waals surface area contributed by atoms with Crippen molar-refractivity contribution in [1.29, 1.82) is 0 Å². The standard InChI is InChI=1S/C13H13ClN2O3/c1-3-19-13(17)10-7-16(8-15-10)11-6-9(14)4-5-12(11)18-2/h4-8H,3H2,1-2H3. The Labute approximate surface area is 115 Å². The van der Waals surface area contributed by atoms with Gasteiger partial charge in [0.15, 0.2) is 5.69 Å². The molecule has 0 spiro atoms. The number of benzene rings is 1. The van der Waals surface area contributed by atoms with Crippen LogP contribution in [0.15, 0.2) is 30.7 Å². The number of hydrogen-bond donors (Lipinski definition) is 0. The summed E-state index contributed by atoms with van der Waals surface area (Å²) in [5.41, 5.74) is 0.946. The predicted octanol–water partition coefficient (Wildman–Crippen LogP) is 2.71. The minimum absolute atomic E-state index is 0.240. The van der Waals surface area contributed by atoms with Gasteiger partial charge in [-0.1, -0.05) is 11.6 Å². The monoisotopic (exact) mass is 280 g/mol. The summed E-state index contributed by atoms with van der Waals surface area (Å²) in [5.74, 6) is 0.180.